The molecular weight excluding hydrogens is 1070 g/mol. The predicted octanol–water partition coefficient (Wildman–Crippen LogP) is 2.42. The van der Waals surface area contributed by atoms with Crippen LogP contribution >= 0.6 is 90.4 Å². The molecule has 0 saturated heterocycles. The molecule has 0 unspecified atom stereocenters. The van der Waals surface area contributed by atoms with Crippen LogP contribution in [-0.2, 0) is 30.4 Å². The zero-order valence-corrected chi connectivity index (χ0v) is 32.3. The Balaban J connectivity index is 2.62. The van der Waals surface area contributed by atoms with E-state index in [-0.39, 0.29) is 44.1 Å². The van der Waals surface area contributed by atoms with E-state index in [1.807, 2.05) is 90.4 Å². The van der Waals surface area contributed by atoms with Crippen LogP contribution in [0.5, 0.6) is 11.5 Å². The Morgan fingerprint density at radius 2 is 1.00 bits per heavy atom. The van der Waals surface area contributed by atoms with Crippen molar-refractivity contribution in [2.45, 2.75) is 12.5 Å². The molecule has 1 atom stereocenters. The number of nitrogens with zero attached hydrogens (tertiary/aromatic N) is 3. The molecule has 0 aromatic heterocycles. The summed E-state index contributed by atoms with van der Waals surface area (Å²) in [6.45, 7) is -3.27. The minimum absolute atomic E-state index is 0.0299. The number of halogens is 4. The minimum atomic E-state index is -1.34. The third-order valence-corrected chi connectivity index (χ3v) is 10.1. The normalized spacial score (nSPS) is 12.1. The molecule has 252 valence electrons. The van der Waals surface area contributed by atoms with E-state index >= 15 is 0 Å². The van der Waals surface area contributed by atoms with Crippen molar-refractivity contribution in [3.8, 4) is 22.6 Å². The number of hydrogen-bond donors (Lipinski definition) is 7. The highest BCUT2D eigenvalue weighted by molar-refractivity contribution is 14.1. The first-order chi connectivity index (χ1) is 21.4. The van der Waals surface area contributed by atoms with Gasteiger partial charge in [0.1, 0.15) is 17.5 Å². The van der Waals surface area contributed by atoms with Gasteiger partial charge in [-0.25, -0.2) is 0 Å². The first-order valence-electron chi connectivity index (χ1n) is 13.1. The molecule has 15 nitrogen and oxygen atoms in total. The van der Waals surface area contributed by atoms with E-state index in [2.05, 4.69) is 0 Å². The Hall–Kier alpha value is -1.81. The van der Waals surface area contributed by atoms with Gasteiger partial charge >= 0.3 is 29.8 Å². The van der Waals surface area contributed by atoms with Crippen LogP contribution in [0.25, 0.3) is 11.1 Å². The number of hydrogen-bond acceptors (Lipinski definition) is 10. The van der Waals surface area contributed by atoms with Crippen LogP contribution in [0.1, 0.15) is 5.56 Å². The minimum Gasteiger partial charge on any atom is -0.506 e. The van der Waals surface area contributed by atoms with Crippen LogP contribution in [0.2, 0.25) is 0 Å². The molecule has 46 heavy (non-hydrogen) atoms. The zero-order chi connectivity index (χ0) is 34.9. The quantitative estimate of drug-likeness (QED) is 0.100. The lowest BCUT2D eigenvalue weighted by atomic mass is 9.94. The first-order valence-corrected chi connectivity index (χ1v) is 17.4. The zero-order valence-electron chi connectivity index (χ0n) is 23.7. The second kappa shape index (κ2) is 18.7. The van der Waals surface area contributed by atoms with Crippen LogP contribution in [-0.4, -0.2) is 139 Å². The van der Waals surface area contributed by atoms with Gasteiger partial charge in [0.15, 0.2) is 0 Å². The summed E-state index contributed by atoms with van der Waals surface area (Å²) in [5, 5.41) is 68.7. The molecule has 0 spiro atoms. The van der Waals surface area contributed by atoms with Gasteiger partial charge in [0.2, 0.25) is 0 Å². The predicted molar refractivity (Wildman–Crippen MR) is 196 cm³/mol. The second-order valence-electron chi connectivity index (χ2n) is 9.93. The van der Waals surface area contributed by atoms with Crippen molar-refractivity contribution >= 4 is 120 Å². The average Bonchev–Trinajstić information content (AvgIpc) is 2.92. The molecular formula is C27H29I4N3O12. The molecule has 0 aliphatic heterocycles. The van der Waals surface area contributed by atoms with Gasteiger partial charge in [-0.2, -0.15) is 0 Å². The Bertz CT molecular complexity index is 1400. The average molecular weight is 1100 g/mol. The number of carbonyl (C=O) groups is 5. The molecule has 0 radical (unpaired) electrons. The van der Waals surface area contributed by atoms with Gasteiger partial charge in [0, 0.05) is 31.7 Å². The number of rotatable bonds is 19. The molecule has 0 fully saturated rings. The van der Waals surface area contributed by atoms with Gasteiger partial charge < -0.3 is 35.7 Å². The highest BCUT2D eigenvalue weighted by Crippen LogP contribution is 2.41. The summed E-state index contributed by atoms with van der Waals surface area (Å²) in [5.41, 5.74) is 1.61. The molecule has 0 saturated carbocycles. The van der Waals surface area contributed by atoms with E-state index in [1.54, 1.807) is 18.2 Å². The van der Waals surface area contributed by atoms with Crippen LogP contribution in [0.15, 0.2) is 18.2 Å². The van der Waals surface area contributed by atoms with E-state index in [0.717, 1.165) is 9.80 Å². The lowest BCUT2D eigenvalue weighted by Crippen LogP contribution is -2.50. The Labute approximate surface area is 317 Å². The number of aromatic hydroxyl groups is 2. The summed E-state index contributed by atoms with van der Waals surface area (Å²) >= 11 is 7.77. The Morgan fingerprint density at radius 3 is 1.37 bits per heavy atom. The van der Waals surface area contributed by atoms with Gasteiger partial charge in [-0.1, -0.05) is 0 Å². The maximum atomic E-state index is 12.8. The number of benzene rings is 2. The number of phenolic OH excluding ortho intramolecular Hbond substituents is 2. The summed E-state index contributed by atoms with van der Waals surface area (Å²) in [6.07, 6.45) is -0.166. The SMILES string of the molecule is O=C(O)CN(CCN(CCN(CC(=O)O)CC(=O)O)[C@@H](Cc1cc(I)c(O)c(I)c1-c1cc(I)c(O)c(I)c1)C(=O)O)CC(=O)O. The summed E-state index contributed by atoms with van der Waals surface area (Å²) in [6, 6.07) is 3.66. The van der Waals surface area contributed by atoms with Crippen LogP contribution in [0, 0.1) is 14.3 Å². The summed E-state index contributed by atoms with van der Waals surface area (Å²) in [7, 11) is 0. The van der Waals surface area contributed by atoms with Crippen LogP contribution < -0.4 is 0 Å². The van der Waals surface area contributed by atoms with E-state index in [0.29, 0.717) is 31.0 Å². The van der Waals surface area contributed by atoms with E-state index in [4.69, 9.17) is 0 Å². The smallest absolute Gasteiger partial charge is 0.321 e. The molecule has 0 bridgehead atoms. The molecule has 0 aliphatic rings. The maximum Gasteiger partial charge on any atom is 0.321 e. The van der Waals surface area contributed by atoms with E-state index < -0.39 is 62.1 Å². The van der Waals surface area contributed by atoms with Crippen molar-refractivity contribution in [2.24, 2.45) is 0 Å². The molecule has 19 heteroatoms. The number of carboxylic acids is 5. The second-order valence-corrected chi connectivity index (χ2v) is 14.5. The van der Waals surface area contributed by atoms with Crippen LogP contribution in [0.3, 0.4) is 0 Å². The lowest BCUT2D eigenvalue weighted by Gasteiger charge is -2.33. The lowest BCUT2D eigenvalue weighted by molar-refractivity contribution is -0.146. The monoisotopic (exact) mass is 1090 g/mol. The summed E-state index contributed by atoms with van der Waals surface area (Å²) in [4.78, 5) is 62.0. The summed E-state index contributed by atoms with van der Waals surface area (Å²) < 4.78 is 1.90. The molecule has 2 aromatic carbocycles. The fraction of sp³-hybridized carbons (Fsp3) is 0.370. The molecule has 2 aromatic rings. The highest BCUT2D eigenvalue weighted by Gasteiger charge is 2.30. The number of phenols is 2. The third kappa shape index (κ3) is 12.3. The van der Waals surface area contributed by atoms with Crippen molar-refractivity contribution in [3.05, 3.63) is 38.0 Å². The van der Waals surface area contributed by atoms with Crippen molar-refractivity contribution in [2.75, 3.05) is 52.4 Å². The van der Waals surface area contributed by atoms with Gasteiger partial charge in [-0.3, -0.25) is 38.7 Å². The molecule has 2 rings (SSSR count). The number of carboxylic acid groups (broad SMARTS) is 5. The molecule has 0 amide bonds. The summed E-state index contributed by atoms with van der Waals surface area (Å²) in [5.74, 6) is -6.46. The standard InChI is InChI=1S/C27H29I4N3O12/c28-15-5-13(6-16(29)25(15)43)23-14(7-17(30)26(44)24(23)31)8-18(27(45)46)34(3-1-32(9-19(35)36)10-20(37)38)4-2-33(11-21(39)40)12-22(41)42/h5-7,18,43-44H,1-4,8-12H2,(H,35,36)(H,37,38)(H,39,40)(H,41,42)(H,45,46)/t18-/m0/s1. The highest BCUT2D eigenvalue weighted by atomic mass is 127. The maximum absolute atomic E-state index is 12.8. The Kier molecular flexibility index (Phi) is 16.4. The fourth-order valence-corrected chi connectivity index (χ4v) is 8.46. The van der Waals surface area contributed by atoms with Gasteiger partial charge in [0.05, 0.1) is 40.5 Å². The van der Waals surface area contributed by atoms with E-state index in [9.17, 15) is 59.7 Å². The molecule has 7 N–H and O–H groups in total. The van der Waals surface area contributed by atoms with Crippen molar-refractivity contribution in [1.82, 2.24) is 14.7 Å². The van der Waals surface area contributed by atoms with Gasteiger partial charge in [0.25, 0.3) is 0 Å². The molecule has 0 heterocycles. The van der Waals surface area contributed by atoms with Gasteiger partial charge in [-0.05, 0) is 126 Å². The van der Waals surface area contributed by atoms with Crippen molar-refractivity contribution in [1.29, 1.82) is 0 Å². The topological polar surface area (TPSA) is 237 Å². The third-order valence-electron chi connectivity index (χ3n) is 6.56. The van der Waals surface area contributed by atoms with Crippen LogP contribution in [0.4, 0.5) is 0 Å². The number of aliphatic carboxylic acids is 5. The first kappa shape index (κ1) is 40.4. The molecule has 0 aliphatic carbocycles. The largest absolute Gasteiger partial charge is 0.506 e. The van der Waals surface area contributed by atoms with Gasteiger partial charge in [-0.15, -0.1) is 0 Å². The fourth-order valence-electron chi connectivity index (χ4n) is 4.58. The van der Waals surface area contributed by atoms with Crippen molar-refractivity contribution < 1.29 is 59.7 Å². The van der Waals surface area contributed by atoms with Crippen molar-refractivity contribution in [3.63, 3.8) is 0 Å². The Morgan fingerprint density at radius 1 is 0.609 bits per heavy atom. The van der Waals surface area contributed by atoms with E-state index in [1.165, 1.54) is 4.90 Å².